The van der Waals surface area contributed by atoms with Crippen LogP contribution >= 0.6 is 11.5 Å². The van der Waals surface area contributed by atoms with Gasteiger partial charge < -0.3 is 0 Å². The van der Waals surface area contributed by atoms with E-state index in [4.69, 9.17) is 0 Å². The van der Waals surface area contributed by atoms with Crippen molar-refractivity contribution in [3.8, 4) is 10.4 Å². The lowest BCUT2D eigenvalue weighted by Crippen LogP contribution is -1.83. The maximum Gasteiger partial charge on any atom is 0.0552 e. The molecule has 0 saturated carbocycles. The highest BCUT2D eigenvalue weighted by atomic mass is 32.1. The van der Waals surface area contributed by atoms with Crippen molar-refractivity contribution in [2.24, 2.45) is 0 Å². The molecule has 2 aromatic rings. The van der Waals surface area contributed by atoms with Crippen LogP contribution in [0.1, 0.15) is 12.5 Å². The number of aryl methyl sites for hydroxylation is 1. The van der Waals surface area contributed by atoms with Gasteiger partial charge in [0.05, 0.1) is 4.88 Å². The SMILES string of the molecule is CCc1ccccc1-c1ccns1. The lowest BCUT2D eigenvalue weighted by Gasteiger charge is -2.03. The van der Waals surface area contributed by atoms with E-state index in [0.29, 0.717) is 0 Å². The molecule has 0 N–H and O–H groups in total. The van der Waals surface area contributed by atoms with E-state index >= 15 is 0 Å². The third-order valence-corrected chi connectivity index (χ3v) is 2.88. The predicted molar refractivity (Wildman–Crippen MR) is 56.9 cm³/mol. The molecule has 0 atom stereocenters. The van der Waals surface area contributed by atoms with Crippen LogP contribution in [0.3, 0.4) is 0 Å². The first-order valence-electron chi connectivity index (χ1n) is 4.40. The third kappa shape index (κ3) is 1.63. The summed E-state index contributed by atoms with van der Waals surface area (Å²) in [6.07, 6.45) is 2.93. The van der Waals surface area contributed by atoms with Crippen LogP contribution in [0.4, 0.5) is 0 Å². The number of hydrogen-bond donors (Lipinski definition) is 0. The minimum atomic E-state index is 1.08. The van der Waals surface area contributed by atoms with E-state index in [9.17, 15) is 0 Å². The first kappa shape index (κ1) is 8.45. The van der Waals surface area contributed by atoms with Crippen LogP contribution in [0, 0.1) is 0 Å². The molecule has 0 spiro atoms. The highest BCUT2D eigenvalue weighted by Gasteiger charge is 2.03. The smallest absolute Gasteiger partial charge is 0.0552 e. The summed E-state index contributed by atoms with van der Waals surface area (Å²) in [6.45, 7) is 2.18. The largest absolute Gasteiger partial charge is 0.201 e. The Morgan fingerprint density at radius 3 is 2.77 bits per heavy atom. The van der Waals surface area contributed by atoms with Gasteiger partial charge in [0.25, 0.3) is 0 Å². The van der Waals surface area contributed by atoms with Crippen molar-refractivity contribution in [2.45, 2.75) is 13.3 Å². The van der Waals surface area contributed by atoms with Crippen LogP contribution in [0.2, 0.25) is 0 Å². The quantitative estimate of drug-likeness (QED) is 0.705. The van der Waals surface area contributed by atoms with Gasteiger partial charge in [-0.3, -0.25) is 0 Å². The molecule has 2 heteroatoms. The van der Waals surface area contributed by atoms with Crippen molar-refractivity contribution < 1.29 is 0 Å². The Morgan fingerprint density at radius 1 is 1.23 bits per heavy atom. The van der Waals surface area contributed by atoms with Crippen molar-refractivity contribution in [3.05, 3.63) is 42.1 Å². The van der Waals surface area contributed by atoms with Gasteiger partial charge in [0, 0.05) is 6.20 Å². The standard InChI is InChI=1S/C11H11NS/c1-2-9-5-3-4-6-10(9)11-7-8-12-13-11/h3-8H,2H2,1H3. The summed E-state index contributed by atoms with van der Waals surface area (Å²) in [5.74, 6) is 0. The van der Waals surface area contributed by atoms with Crippen LogP contribution < -0.4 is 0 Å². The Morgan fingerprint density at radius 2 is 2.08 bits per heavy atom. The van der Waals surface area contributed by atoms with Crippen LogP contribution in [-0.2, 0) is 6.42 Å². The van der Waals surface area contributed by atoms with Gasteiger partial charge in [-0.05, 0) is 35.1 Å². The zero-order chi connectivity index (χ0) is 9.10. The van der Waals surface area contributed by atoms with E-state index in [0.717, 1.165) is 6.42 Å². The summed E-state index contributed by atoms with van der Waals surface area (Å²) in [5, 5.41) is 0. The Kier molecular flexibility index (Phi) is 2.41. The average Bonchev–Trinajstić information content (AvgIpc) is 2.70. The molecule has 1 aromatic heterocycles. The van der Waals surface area contributed by atoms with Gasteiger partial charge in [0.2, 0.25) is 0 Å². The fourth-order valence-electron chi connectivity index (χ4n) is 1.42. The summed E-state index contributed by atoms with van der Waals surface area (Å²) in [6, 6.07) is 10.6. The molecule has 0 amide bonds. The number of nitrogens with zero attached hydrogens (tertiary/aromatic N) is 1. The highest BCUT2D eigenvalue weighted by molar-refractivity contribution is 7.09. The van der Waals surface area contributed by atoms with Crippen molar-refractivity contribution in [2.75, 3.05) is 0 Å². The molecular weight excluding hydrogens is 178 g/mol. The van der Waals surface area contributed by atoms with Crippen LogP contribution in [0.15, 0.2) is 36.5 Å². The molecule has 0 radical (unpaired) electrons. The lowest BCUT2D eigenvalue weighted by molar-refractivity contribution is 1.14. The fourth-order valence-corrected chi connectivity index (χ4v) is 2.08. The molecule has 0 aliphatic carbocycles. The minimum Gasteiger partial charge on any atom is -0.201 e. The predicted octanol–water partition coefficient (Wildman–Crippen LogP) is 3.37. The van der Waals surface area contributed by atoms with Gasteiger partial charge in [0.1, 0.15) is 0 Å². The number of aromatic nitrogens is 1. The van der Waals surface area contributed by atoms with Gasteiger partial charge in [-0.15, -0.1) is 0 Å². The van der Waals surface area contributed by atoms with E-state index in [1.807, 2.05) is 6.20 Å². The topological polar surface area (TPSA) is 12.9 Å². The molecule has 0 fully saturated rings. The van der Waals surface area contributed by atoms with E-state index in [1.165, 1.54) is 16.0 Å². The van der Waals surface area contributed by atoms with Crippen molar-refractivity contribution in [1.82, 2.24) is 4.37 Å². The zero-order valence-corrected chi connectivity index (χ0v) is 8.34. The second kappa shape index (κ2) is 3.71. The molecule has 1 nitrogen and oxygen atoms in total. The summed E-state index contributed by atoms with van der Waals surface area (Å²) < 4.78 is 4.12. The van der Waals surface area contributed by atoms with Crippen LogP contribution in [-0.4, -0.2) is 4.37 Å². The Hall–Kier alpha value is -1.15. The van der Waals surface area contributed by atoms with Gasteiger partial charge >= 0.3 is 0 Å². The molecule has 2 rings (SSSR count). The monoisotopic (exact) mass is 189 g/mol. The van der Waals surface area contributed by atoms with Gasteiger partial charge in [-0.25, -0.2) is 4.37 Å². The van der Waals surface area contributed by atoms with Crippen LogP contribution in [0.5, 0.6) is 0 Å². The molecule has 1 heterocycles. The molecule has 1 aromatic carbocycles. The molecule has 13 heavy (non-hydrogen) atoms. The van der Waals surface area contributed by atoms with Crippen molar-refractivity contribution in [3.63, 3.8) is 0 Å². The fraction of sp³-hybridized carbons (Fsp3) is 0.182. The molecule has 0 unspecified atom stereocenters. The van der Waals surface area contributed by atoms with E-state index in [2.05, 4.69) is 41.6 Å². The third-order valence-electron chi connectivity index (χ3n) is 2.10. The van der Waals surface area contributed by atoms with E-state index < -0.39 is 0 Å². The van der Waals surface area contributed by atoms with E-state index in [-0.39, 0.29) is 0 Å². The van der Waals surface area contributed by atoms with Gasteiger partial charge in [-0.1, -0.05) is 31.2 Å². The molecule has 0 bridgehead atoms. The van der Waals surface area contributed by atoms with Crippen molar-refractivity contribution >= 4 is 11.5 Å². The van der Waals surface area contributed by atoms with Crippen LogP contribution in [0.25, 0.3) is 10.4 Å². The summed E-state index contributed by atoms with van der Waals surface area (Å²) in [7, 11) is 0. The molecule has 0 aliphatic rings. The van der Waals surface area contributed by atoms with Gasteiger partial charge in [-0.2, -0.15) is 0 Å². The number of benzene rings is 1. The Labute approximate surface area is 82.2 Å². The summed E-state index contributed by atoms with van der Waals surface area (Å²) in [5.41, 5.74) is 2.72. The first-order chi connectivity index (χ1) is 6.42. The number of hydrogen-bond acceptors (Lipinski definition) is 2. The second-order valence-electron chi connectivity index (χ2n) is 2.89. The molecular formula is C11H11NS. The average molecular weight is 189 g/mol. The zero-order valence-electron chi connectivity index (χ0n) is 7.53. The lowest BCUT2D eigenvalue weighted by atomic mass is 10.0. The highest BCUT2D eigenvalue weighted by Crippen LogP contribution is 2.26. The molecule has 0 saturated heterocycles. The maximum absolute atomic E-state index is 4.12. The normalized spacial score (nSPS) is 10.2. The summed E-state index contributed by atoms with van der Waals surface area (Å²) in [4.78, 5) is 1.26. The first-order valence-corrected chi connectivity index (χ1v) is 5.18. The maximum atomic E-state index is 4.12. The minimum absolute atomic E-state index is 1.08. The Bertz CT molecular complexity index is 379. The molecule has 66 valence electrons. The second-order valence-corrected chi connectivity index (χ2v) is 3.72. The molecule has 0 aliphatic heterocycles. The Balaban J connectivity index is 2.51. The van der Waals surface area contributed by atoms with Gasteiger partial charge in [0.15, 0.2) is 0 Å². The number of rotatable bonds is 2. The summed E-state index contributed by atoms with van der Waals surface area (Å²) >= 11 is 1.56. The van der Waals surface area contributed by atoms with Crippen molar-refractivity contribution in [1.29, 1.82) is 0 Å². The van der Waals surface area contributed by atoms with E-state index in [1.54, 1.807) is 11.5 Å².